The summed E-state index contributed by atoms with van der Waals surface area (Å²) in [7, 11) is -1.23. The summed E-state index contributed by atoms with van der Waals surface area (Å²) in [6, 6.07) is 0. The third kappa shape index (κ3) is 3.25. The quantitative estimate of drug-likeness (QED) is 0.446. The molecule has 1 N–H and O–H groups in total. The van der Waals surface area contributed by atoms with Gasteiger partial charge in [-0.25, -0.2) is 0 Å². The molecule has 0 heterocycles. The van der Waals surface area contributed by atoms with E-state index in [2.05, 4.69) is 31.1 Å². The van der Waals surface area contributed by atoms with Crippen molar-refractivity contribution in [2.75, 3.05) is 0 Å². The van der Waals surface area contributed by atoms with Crippen LogP contribution in [0.4, 0.5) is 0 Å². The molecule has 0 bridgehead atoms. The van der Waals surface area contributed by atoms with E-state index in [1.54, 1.807) is 0 Å². The first-order valence-electron chi connectivity index (χ1n) is 4.39. The summed E-state index contributed by atoms with van der Waals surface area (Å²) < 4.78 is 0. The number of allylic oxidation sites excluding steroid dienone is 1. The van der Waals surface area contributed by atoms with Gasteiger partial charge in [0.1, 0.15) is 8.07 Å². The van der Waals surface area contributed by atoms with Crippen molar-refractivity contribution in [3.8, 4) is 11.5 Å². The average molecular weight is 180 g/mol. The minimum absolute atomic E-state index is 0.240. The monoisotopic (exact) mass is 180 g/mol. The molecule has 12 heavy (non-hydrogen) atoms. The van der Waals surface area contributed by atoms with Gasteiger partial charge in [-0.05, 0) is 18.9 Å². The fourth-order valence-corrected chi connectivity index (χ4v) is 1.61. The Labute approximate surface area is 75.5 Å². The zero-order chi connectivity index (χ0) is 9.19. The van der Waals surface area contributed by atoms with Crippen LogP contribution in [0, 0.1) is 11.5 Å². The second-order valence-electron chi connectivity index (χ2n) is 4.30. The van der Waals surface area contributed by atoms with E-state index in [0.717, 1.165) is 18.4 Å². The van der Waals surface area contributed by atoms with Gasteiger partial charge in [0, 0.05) is 5.57 Å². The van der Waals surface area contributed by atoms with Crippen LogP contribution in [0.5, 0.6) is 0 Å². The summed E-state index contributed by atoms with van der Waals surface area (Å²) in [4.78, 5) is 0. The Bertz CT molecular complexity index is 249. The van der Waals surface area contributed by atoms with Gasteiger partial charge in [0.15, 0.2) is 0 Å². The van der Waals surface area contributed by atoms with Crippen LogP contribution >= 0.6 is 0 Å². The Morgan fingerprint density at radius 1 is 1.50 bits per heavy atom. The van der Waals surface area contributed by atoms with E-state index in [-0.39, 0.29) is 6.10 Å². The van der Waals surface area contributed by atoms with Crippen LogP contribution in [0.1, 0.15) is 12.8 Å². The molecule has 1 atom stereocenters. The molecular formula is C10H16OSi. The maximum atomic E-state index is 9.20. The van der Waals surface area contributed by atoms with E-state index in [9.17, 15) is 5.11 Å². The zero-order valence-corrected chi connectivity index (χ0v) is 9.02. The molecule has 0 fully saturated rings. The number of hydrogen-bond acceptors (Lipinski definition) is 1. The van der Waals surface area contributed by atoms with E-state index >= 15 is 0 Å². The highest BCUT2D eigenvalue weighted by Gasteiger charge is 2.12. The smallest absolute Gasteiger partial charge is 0.129 e. The molecule has 0 spiro atoms. The lowest BCUT2D eigenvalue weighted by atomic mass is 10.2. The van der Waals surface area contributed by atoms with Gasteiger partial charge in [-0.1, -0.05) is 25.6 Å². The molecule has 1 unspecified atom stereocenters. The molecule has 1 aliphatic carbocycles. The third-order valence-corrected chi connectivity index (χ3v) is 2.58. The Morgan fingerprint density at radius 2 is 2.17 bits per heavy atom. The van der Waals surface area contributed by atoms with E-state index in [4.69, 9.17) is 0 Å². The van der Waals surface area contributed by atoms with Crippen LogP contribution in [0.2, 0.25) is 19.6 Å². The summed E-state index contributed by atoms with van der Waals surface area (Å²) >= 11 is 0. The van der Waals surface area contributed by atoms with Crippen molar-refractivity contribution in [3.63, 3.8) is 0 Å². The van der Waals surface area contributed by atoms with Gasteiger partial charge in [0.05, 0.1) is 6.10 Å². The van der Waals surface area contributed by atoms with Crippen molar-refractivity contribution in [2.45, 2.75) is 38.6 Å². The lowest BCUT2D eigenvalue weighted by Gasteiger charge is -2.03. The maximum absolute atomic E-state index is 9.20. The number of rotatable bonds is 0. The van der Waals surface area contributed by atoms with Crippen LogP contribution in [0.3, 0.4) is 0 Å². The summed E-state index contributed by atoms with van der Waals surface area (Å²) in [5.74, 6) is 3.16. The van der Waals surface area contributed by atoms with Gasteiger partial charge in [-0.3, -0.25) is 0 Å². The molecule has 0 aliphatic heterocycles. The van der Waals surface area contributed by atoms with Gasteiger partial charge in [-0.2, -0.15) is 0 Å². The highest BCUT2D eigenvalue weighted by molar-refractivity contribution is 6.83. The predicted octanol–water partition coefficient (Wildman–Crippen LogP) is 1.95. The average Bonchev–Trinajstić information content (AvgIpc) is 2.30. The minimum atomic E-state index is -1.23. The Balaban J connectivity index is 2.61. The third-order valence-electron chi connectivity index (χ3n) is 1.70. The fraction of sp³-hybridized carbons (Fsp3) is 0.600. The predicted molar refractivity (Wildman–Crippen MR) is 54.4 cm³/mol. The Morgan fingerprint density at radius 3 is 2.58 bits per heavy atom. The Hall–Kier alpha value is -0.523. The first-order valence-corrected chi connectivity index (χ1v) is 7.89. The van der Waals surface area contributed by atoms with Gasteiger partial charge in [0.2, 0.25) is 0 Å². The van der Waals surface area contributed by atoms with Crippen LogP contribution in [-0.4, -0.2) is 19.3 Å². The van der Waals surface area contributed by atoms with Gasteiger partial charge < -0.3 is 5.11 Å². The minimum Gasteiger partial charge on any atom is -0.389 e. The molecule has 0 radical (unpaired) electrons. The van der Waals surface area contributed by atoms with Gasteiger partial charge in [-0.15, -0.1) is 5.54 Å². The molecule has 1 rings (SSSR count). The summed E-state index contributed by atoms with van der Waals surface area (Å²) in [5, 5.41) is 9.20. The van der Waals surface area contributed by atoms with Crippen LogP contribution < -0.4 is 0 Å². The highest BCUT2D eigenvalue weighted by atomic mass is 28.3. The van der Waals surface area contributed by atoms with Crippen LogP contribution in [-0.2, 0) is 0 Å². The van der Waals surface area contributed by atoms with Gasteiger partial charge >= 0.3 is 0 Å². The van der Waals surface area contributed by atoms with Crippen molar-refractivity contribution in [1.82, 2.24) is 0 Å². The van der Waals surface area contributed by atoms with Crippen molar-refractivity contribution in [3.05, 3.63) is 11.6 Å². The molecule has 0 saturated carbocycles. The first kappa shape index (κ1) is 9.56. The fourth-order valence-electron chi connectivity index (χ4n) is 1.07. The van der Waals surface area contributed by atoms with Crippen LogP contribution in [0.15, 0.2) is 11.6 Å². The molecule has 2 heteroatoms. The summed E-state index contributed by atoms with van der Waals surface area (Å²) in [6.45, 7) is 6.68. The zero-order valence-electron chi connectivity index (χ0n) is 8.02. The van der Waals surface area contributed by atoms with Crippen molar-refractivity contribution in [2.24, 2.45) is 0 Å². The topological polar surface area (TPSA) is 20.2 Å². The van der Waals surface area contributed by atoms with Crippen molar-refractivity contribution in [1.29, 1.82) is 0 Å². The van der Waals surface area contributed by atoms with Crippen LogP contribution in [0.25, 0.3) is 0 Å². The standard InChI is InChI=1S/C10H16OSi/c1-12(2,3)7-6-9-4-5-10(11)8-9/h8,10-11H,4-5H2,1-3H3. The summed E-state index contributed by atoms with van der Waals surface area (Å²) in [6.07, 6.45) is 3.46. The van der Waals surface area contributed by atoms with E-state index in [1.165, 1.54) is 0 Å². The largest absolute Gasteiger partial charge is 0.389 e. The van der Waals surface area contributed by atoms with Crippen molar-refractivity contribution < 1.29 is 5.11 Å². The molecule has 66 valence electrons. The lowest BCUT2D eigenvalue weighted by molar-refractivity contribution is 0.223. The van der Waals surface area contributed by atoms with E-state index in [1.807, 2.05) is 6.08 Å². The SMILES string of the molecule is C[Si](C)(C)C#CC1=CC(O)CC1. The molecule has 0 aromatic rings. The molecule has 0 saturated heterocycles. The summed E-state index contributed by atoms with van der Waals surface area (Å²) in [5.41, 5.74) is 4.42. The molecule has 0 aromatic carbocycles. The highest BCUT2D eigenvalue weighted by Crippen LogP contribution is 2.17. The number of aliphatic hydroxyl groups excluding tert-OH is 1. The maximum Gasteiger partial charge on any atom is 0.129 e. The van der Waals surface area contributed by atoms with E-state index < -0.39 is 8.07 Å². The number of aliphatic hydroxyl groups is 1. The molecular weight excluding hydrogens is 164 g/mol. The normalized spacial score (nSPS) is 23.0. The first-order chi connectivity index (χ1) is 5.47. The second-order valence-corrected chi connectivity index (χ2v) is 9.05. The molecule has 0 amide bonds. The Kier molecular flexibility index (Phi) is 2.76. The molecule has 1 nitrogen and oxygen atoms in total. The van der Waals surface area contributed by atoms with E-state index in [0.29, 0.717) is 0 Å². The van der Waals surface area contributed by atoms with Crippen molar-refractivity contribution >= 4 is 8.07 Å². The van der Waals surface area contributed by atoms with Gasteiger partial charge in [0.25, 0.3) is 0 Å². The number of hydrogen-bond donors (Lipinski definition) is 1. The molecule has 0 aromatic heterocycles. The lowest BCUT2D eigenvalue weighted by Crippen LogP contribution is -2.16. The molecule has 1 aliphatic rings. The second kappa shape index (κ2) is 3.47.